The molecule has 1 aromatic rings. The highest BCUT2D eigenvalue weighted by atomic mass is 19.3. The fraction of sp³-hybridized carbons (Fsp3) is 0.250. The largest absolute Gasteiger partial charge is 0.492 e. The molecule has 0 fully saturated rings. The summed E-state index contributed by atoms with van der Waals surface area (Å²) in [5.74, 6) is -1.27. The van der Waals surface area contributed by atoms with Crippen LogP contribution in [0.1, 0.15) is 22.3 Å². The Labute approximate surface area is 88.0 Å². The summed E-state index contributed by atoms with van der Waals surface area (Å²) in [7, 11) is 1.14. The van der Waals surface area contributed by atoms with Crippen LogP contribution in [0.5, 0.6) is 5.75 Å². The number of hydrogen-bond acceptors (Lipinski definition) is 5. The highest BCUT2D eigenvalue weighted by Crippen LogP contribution is 2.34. The number of aldehydes is 1. The van der Waals surface area contributed by atoms with Gasteiger partial charge in [-0.2, -0.15) is 0 Å². The molecule has 16 heavy (non-hydrogen) atoms. The first kappa shape index (κ1) is 12.0. The van der Waals surface area contributed by atoms with Gasteiger partial charge >= 0.3 is 5.82 Å². The molecule has 0 amide bonds. The van der Waals surface area contributed by atoms with Gasteiger partial charge in [-0.05, 0) is 9.91 Å². The zero-order chi connectivity index (χ0) is 12.3. The van der Waals surface area contributed by atoms with Gasteiger partial charge in [-0.3, -0.25) is 4.79 Å². The summed E-state index contributed by atoms with van der Waals surface area (Å²) in [6.45, 7) is 0. The third-order valence-corrected chi connectivity index (χ3v) is 1.83. The lowest BCUT2D eigenvalue weighted by Gasteiger charge is -2.07. The van der Waals surface area contributed by atoms with Crippen LogP contribution >= 0.6 is 0 Å². The van der Waals surface area contributed by atoms with E-state index in [1.54, 1.807) is 0 Å². The van der Waals surface area contributed by atoms with Crippen molar-refractivity contribution in [2.45, 2.75) is 6.43 Å². The molecule has 0 bridgehead atoms. The Bertz CT molecular complexity index is 436. The maximum absolute atomic E-state index is 12.6. The minimum atomic E-state index is -3.18. The van der Waals surface area contributed by atoms with Gasteiger partial charge in [0.1, 0.15) is 5.56 Å². The molecule has 0 saturated heterocycles. The lowest BCUT2D eigenvalue weighted by Crippen LogP contribution is -2.05. The number of halogens is 2. The second-order valence-electron chi connectivity index (χ2n) is 2.65. The third-order valence-electron chi connectivity index (χ3n) is 1.83. The van der Waals surface area contributed by atoms with E-state index >= 15 is 0 Å². The van der Waals surface area contributed by atoms with E-state index in [0.717, 1.165) is 13.3 Å². The number of methoxy groups -OCH3 is 1. The van der Waals surface area contributed by atoms with Gasteiger partial charge < -0.3 is 14.9 Å². The number of carbonyl (C=O) groups excluding carboxylic acids is 1. The van der Waals surface area contributed by atoms with E-state index in [2.05, 4.69) is 9.72 Å². The van der Waals surface area contributed by atoms with Gasteiger partial charge in [0.05, 0.1) is 12.7 Å². The Hall–Kier alpha value is -2.12. The summed E-state index contributed by atoms with van der Waals surface area (Å²) in [5.41, 5.74) is -1.58. The number of aromatic nitrogens is 1. The number of ether oxygens (including phenoxy) is 1. The van der Waals surface area contributed by atoms with Crippen molar-refractivity contribution >= 4 is 12.1 Å². The summed E-state index contributed by atoms with van der Waals surface area (Å²) < 4.78 is 29.8. The third kappa shape index (κ3) is 1.95. The molecule has 0 aliphatic rings. The molecule has 0 aromatic carbocycles. The number of alkyl halides is 2. The predicted octanol–water partition coefficient (Wildman–Crippen LogP) is 1.75. The van der Waals surface area contributed by atoms with E-state index in [1.165, 1.54) is 0 Å². The van der Waals surface area contributed by atoms with Crippen molar-refractivity contribution in [1.82, 2.24) is 4.98 Å². The van der Waals surface area contributed by atoms with E-state index in [1.807, 2.05) is 0 Å². The minimum Gasteiger partial charge on any atom is -0.492 e. The molecule has 1 heterocycles. The summed E-state index contributed by atoms with van der Waals surface area (Å²) in [5, 5.41) is 10.4. The molecule has 0 aliphatic heterocycles. The fourth-order valence-corrected chi connectivity index (χ4v) is 1.16. The first-order valence-corrected chi connectivity index (χ1v) is 3.97. The van der Waals surface area contributed by atoms with Crippen LogP contribution in [0.2, 0.25) is 0 Å². The standard InChI is InChI=1S/C8H6F2N2O4/c1-16-5-2-11-8(12(14)15)6(7(9)10)4(5)3-13/h2-3,7H,1H3. The van der Waals surface area contributed by atoms with Crippen molar-refractivity contribution < 1.29 is 23.2 Å². The smallest absolute Gasteiger partial charge is 0.373 e. The monoisotopic (exact) mass is 232 g/mol. The van der Waals surface area contributed by atoms with Gasteiger partial charge in [-0.15, -0.1) is 0 Å². The molecule has 1 rings (SSSR count). The molecule has 1 aromatic heterocycles. The summed E-state index contributed by atoms with van der Waals surface area (Å²) in [4.78, 5) is 23.2. The average molecular weight is 232 g/mol. The van der Waals surface area contributed by atoms with Crippen LogP contribution in [0.25, 0.3) is 0 Å². The lowest BCUT2D eigenvalue weighted by atomic mass is 10.1. The van der Waals surface area contributed by atoms with Crippen LogP contribution in [-0.2, 0) is 0 Å². The number of nitro groups is 1. The average Bonchev–Trinajstić information content (AvgIpc) is 2.26. The minimum absolute atomic E-state index is 0.0784. The molecular weight excluding hydrogens is 226 g/mol. The molecule has 0 aliphatic carbocycles. The summed E-state index contributed by atoms with van der Waals surface area (Å²) >= 11 is 0. The molecule has 86 valence electrons. The van der Waals surface area contributed by atoms with E-state index in [-0.39, 0.29) is 12.0 Å². The maximum atomic E-state index is 12.6. The number of hydrogen-bond donors (Lipinski definition) is 0. The van der Waals surface area contributed by atoms with E-state index in [0.29, 0.717) is 0 Å². The van der Waals surface area contributed by atoms with Crippen LogP contribution in [-0.4, -0.2) is 23.3 Å². The Morgan fingerprint density at radius 3 is 2.62 bits per heavy atom. The van der Waals surface area contributed by atoms with E-state index < -0.39 is 28.3 Å². The van der Waals surface area contributed by atoms with Crippen LogP contribution in [0, 0.1) is 10.1 Å². The first-order valence-electron chi connectivity index (χ1n) is 3.97. The van der Waals surface area contributed by atoms with Crippen molar-refractivity contribution in [2.24, 2.45) is 0 Å². The van der Waals surface area contributed by atoms with Gasteiger partial charge in [0.25, 0.3) is 6.43 Å². The Balaban J connectivity index is 3.56. The van der Waals surface area contributed by atoms with Crippen molar-refractivity contribution in [3.63, 3.8) is 0 Å². The van der Waals surface area contributed by atoms with E-state index in [9.17, 15) is 23.7 Å². The quantitative estimate of drug-likeness (QED) is 0.448. The first-order chi connectivity index (χ1) is 7.52. The zero-order valence-corrected chi connectivity index (χ0v) is 8.02. The fourth-order valence-electron chi connectivity index (χ4n) is 1.16. The van der Waals surface area contributed by atoms with Crippen LogP contribution < -0.4 is 4.74 Å². The van der Waals surface area contributed by atoms with Crippen molar-refractivity contribution in [2.75, 3.05) is 7.11 Å². The zero-order valence-electron chi connectivity index (χ0n) is 8.02. The highest BCUT2D eigenvalue weighted by molar-refractivity contribution is 5.83. The van der Waals surface area contributed by atoms with E-state index in [4.69, 9.17) is 0 Å². The normalized spacial score (nSPS) is 10.2. The second kappa shape index (κ2) is 4.60. The maximum Gasteiger partial charge on any atom is 0.373 e. The van der Waals surface area contributed by atoms with Gasteiger partial charge in [0.2, 0.25) is 0 Å². The van der Waals surface area contributed by atoms with Gasteiger partial charge in [0, 0.05) is 0 Å². The predicted molar refractivity (Wildman–Crippen MR) is 47.8 cm³/mol. The molecule has 0 unspecified atom stereocenters. The topological polar surface area (TPSA) is 82.3 Å². The van der Waals surface area contributed by atoms with Crippen molar-refractivity contribution in [3.05, 3.63) is 27.4 Å². The molecule has 0 atom stereocenters. The Morgan fingerprint density at radius 1 is 1.62 bits per heavy atom. The lowest BCUT2D eigenvalue weighted by molar-refractivity contribution is -0.391. The van der Waals surface area contributed by atoms with Gasteiger partial charge in [0.15, 0.2) is 18.2 Å². The highest BCUT2D eigenvalue weighted by Gasteiger charge is 2.29. The summed E-state index contributed by atoms with van der Waals surface area (Å²) in [6.07, 6.45) is -2.24. The summed E-state index contributed by atoms with van der Waals surface area (Å²) in [6, 6.07) is 0. The Kier molecular flexibility index (Phi) is 3.44. The second-order valence-corrected chi connectivity index (χ2v) is 2.65. The van der Waals surface area contributed by atoms with Crippen molar-refractivity contribution in [1.29, 1.82) is 0 Å². The molecular formula is C8H6F2N2O4. The number of carbonyl (C=O) groups is 1. The SMILES string of the molecule is COc1cnc([N+](=O)[O-])c(C(F)F)c1C=O. The molecule has 0 saturated carbocycles. The van der Waals surface area contributed by atoms with Crippen LogP contribution in [0.15, 0.2) is 6.20 Å². The molecule has 6 nitrogen and oxygen atoms in total. The number of rotatable bonds is 4. The number of nitrogens with zero attached hydrogens (tertiary/aromatic N) is 2. The molecule has 0 N–H and O–H groups in total. The molecule has 8 heteroatoms. The van der Waals surface area contributed by atoms with Gasteiger partial charge in [-0.25, -0.2) is 8.78 Å². The molecule has 0 spiro atoms. The molecule has 0 radical (unpaired) electrons. The number of pyridine rings is 1. The Morgan fingerprint density at radius 2 is 2.25 bits per heavy atom. The van der Waals surface area contributed by atoms with Crippen LogP contribution in [0.3, 0.4) is 0 Å². The van der Waals surface area contributed by atoms with Crippen molar-refractivity contribution in [3.8, 4) is 5.75 Å². The van der Waals surface area contributed by atoms with Gasteiger partial charge in [-0.1, -0.05) is 0 Å². The van der Waals surface area contributed by atoms with Crippen LogP contribution in [0.4, 0.5) is 14.6 Å².